The summed E-state index contributed by atoms with van der Waals surface area (Å²) in [5, 5.41) is 2.66. The first kappa shape index (κ1) is 26.4. The minimum atomic E-state index is -0.531. The van der Waals surface area contributed by atoms with Gasteiger partial charge in [0.1, 0.15) is 0 Å². The summed E-state index contributed by atoms with van der Waals surface area (Å²) in [7, 11) is 5.92. The first-order valence-corrected chi connectivity index (χ1v) is 10.3. The van der Waals surface area contributed by atoms with Gasteiger partial charge in [-0.1, -0.05) is 30.4 Å². The second-order valence-corrected chi connectivity index (χ2v) is 6.66. The molecule has 182 valence electrons. The number of anilines is 1. The summed E-state index contributed by atoms with van der Waals surface area (Å²) in [6.45, 7) is 0.878. The molecule has 2 aromatic carbocycles. The second kappa shape index (κ2) is 14.4. The predicted molar refractivity (Wildman–Crippen MR) is 127 cm³/mol. The van der Waals surface area contributed by atoms with Crippen LogP contribution in [0.3, 0.4) is 0 Å². The smallest absolute Gasteiger partial charge is 0.339 e. The number of amides is 1. The van der Waals surface area contributed by atoms with E-state index in [0.29, 0.717) is 36.1 Å². The molecular weight excluding hydrogens is 442 g/mol. The summed E-state index contributed by atoms with van der Waals surface area (Å²) in [5.74, 6) is 0.426. The number of hydrogen-bond donors (Lipinski definition) is 1. The van der Waals surface area contributed by atoms with Crippen molar-refractivity contribution >= 4 is 23.6 Å². The molecule has 0 saturated carbocycles. The number of carbonyl (C=O) groups excluding carboxylic acids is 2. The zero-order chi connectivity index (χ0) is 24.8. The van der Waals surface area contributed by atoms with E-state index in [1.807, 2.05) is 0 Å². The fraction of sp³-hybridized carbons (Fsp3) is 0.280. The summed E-state index contributed by atoms with van der Waals surface area (Å²) in [6.07, 6.45) is 6.38. The van der Waals surface area contributed by atoms with Crippen LogP contribution in [-0.2, 0) is 19.0 Å². The molecule has 0 fully saturated rings. The highest BCUT2D eigenvalue weighted by atomic mass is 16.7. The number of methoxy groups -OCH3 is 4. The molecule has 0 aliphatic carbocycles. The van der Waals surface area contributed by atoms with Crippen molar-refractivity contribution in [3.05, 3.63) is 65.8 Å². The first-order valence-electron chi connectivity index (χ1n) is 10.3. The van der Waals surface area contributed by atoms with E-state index in [0.717, 1.165) is 5.56 Å². The molecule has 34 heavy (non-hydrogen) atoms. The molecule has 9 nitrogen and oxygen atoms in total. The SMILES string of the molecule is COCCOCOc1c(OC)cc(C=CC=CC(=O)Nc2ccccc2C(=O)OC)cc1OC. The van der Waals surface area contributed by atoms with Crippen LogP contribution in [0, 0.1) is 0 Å². The Morgan fingerprint density at radius 1 is 0.941 bits per heavy atom. The van der Waals surface area contributed by atoms with E-state index in [1.54, 1.807) is 61.7 Å². The van der Waals surface area contributed by atoms with E-state index >= 15 is 0 Å². The van der Waals surface area contributed by atoms with Crippen molar-refractivity contribution in [2.45, 2.75) is 0 Å². The zero-order valence-corrected chi connectivity index (χ0v) is 19.7. The minimum Gasteiger partial charge on any atom is -0.493 e. The molecule has 0 bridgehead atoms. The Morgan fingerprint density at radius 3 is 2.29 bits per heavy atom. The van der Waals surface area contributed by atoms with E-state index in [2.05, 4.69) is 5.32 Å². The topological polar surface area (TPSA) is 102 Å². The molecule has 9 heteroatoms. The van der Waals surface area contributed by atoms with Crippen molar-refractivity contribution in [1.82, 2.24) is 0 Å². The van der Waals surface area contributed by atoms with Crippen molar-refractivity contribution < 1.29 is 38.0 Å². The van der Waals surface area contributed by atoms with Crippen molar-refractivity contribution in [1.29, 1.82) is 0 Å². The monoisotopic (exact) mass is 471 g/mol. The molecule has 0 radical (unpaired) electrons. The molecule has 0 unspecified atom stereocenters. The molecule has 1 N–H and O–H groups in total. The standard InChI is InChI=1S/C25H29NO8/c1-29-13-14-33-17-34-24-21(30-2)15-18(16-22(24)31-3)9-5-8-12-23(27)26-20-11-7-6-10-19(20)25(28)32-4/h5-12,15-16H,13-14,17H2,1-4H3,(H,26,27). The van der Waals surface area contributed by atoms with Crippen LogP contribution in [0.4, 0.5) is 5.69 Å². The quantitative estimate of drug-likeness (QED) is 0.155. The van der Waals surface area contributed by atoms with E-state index in [9.17, 15) is 9.59 Å². The Balaban J connectivity index is 2.04. The zero-order valence-electron chi connectivity index (χ0n) is 19.7. The van der Waals surface area contributed by atoms with Gasteiger partial charge in [0.25, 0.3) is 0 Å². The maximum Gasteiger partial charge on any atom is 0.339 e. The first-order chi connectivity index (χ1) is 16.5. The third-order valence-electron chi connectivity index (χ3n) is 4.44. The Hall–Kier alpha value is -3.82. The normalized spacial score (nSPS) is 10.9. The number of allylic oxidation sites excluding steroid dienone is 2. The van der Waals surface area contributed by atoms with Gasteiger partial charge in [0.15, 0.2) is 18.3 Å². The van der Waals surface area contributed by atoms with Gasteiger partial charge in [0.05, 0.1) is 45.8 Å². The van der Waals surface area contributed by atoms with Crippen LogP contribution in [0.2, 0.25) is 0 Å². The van der Waals surface area contributed by atoms with Crippen molar-refractivity contribution in [2.75, 3.05) is 53.8 Å². The van der Waals surface area contributed by atoms with Crippen molar-refractivity contribution in [3.63, 3.8) is 0 Å². The highest BCUT2D eigenvalue weighted by molar-refractivity contribution is 6.05. The van der Waals surface area contributed by atoms with Gasteiger partial charge in [0, 0.05) is 13.2 Å². The summed E-state index contributed by atoms with van der Waals surface area (Å²) in [4.78, 5) is 24.1. The molecule has 0 aromatic heterocycles. The number of hydrogen-bond acceptors (Lipinski definition) is 8. The average molecular weight is 472 g/mol. The van der Waals surface area contributed by atoms with Crippen LogP contribution in [0.1, 0.15) is 15.9 Å². The highest BCUT2D eigenvalue weighted by Gasteiger charge is 2.14. The number of benzene rings is 2. The van der Waals surface area contributed by atoms with Crippen LogP contribution >= 0.6 is 0 Å². The van der Waals surface area contributed by atoms with Gasteiger partial charge in [-0.2, -0.15) is 0 Å². The molecular formula is C25H29NO8. The third kappa shape index (κ3) is 7.95. The molecule has 2 rings (SSSR count). The van der Waals surface area contributed by atoms with Crippen LogP contribution in [0.25, 0.3) is 6.08 Å². The summed E-state index contributed by atoms with van der Waals surface area (Å²) in [6, 6.07) is 10.1. The highest BCUT2D eigenvalue weighted by Crippen LogP contribution is 2.39. The Labute approximate surface area is 198 Å². The van der Waals surface area contributed by atoms with Gasteiger partial charge in [-0.05, 0) is 29.8 Å². The maximum absolute atomic E-state index is 12.2. The summed E-state index contributed by atoms with van der Waals surface area (Å²) in [5.41, 5.74) is 1.40. The largest absolute Gasteiger partial charge is 0.493 e. The number of esters is 1. The predicted octanol–water partition coefficient (Wildman–Crippen LogP) is 3.70. The van der Waals surface area contributed by atoms with E-state index in [1.165, 1.54) is 27.4 Å². The number of nitrogens with one attached hydrogen (secondary N) is 1. The Bertz CT molecular complexity index is 991. The molecule has 0 spiro atoms. The maximum atomic E-state index is 12.2. The number of carbonyl (C=O) groups is 2. The van der Waals surface area contributed by atoms with Crippen LogP contribution in [-0.4, -0.2) is 60.3 Å². The van der Waals surface area contributed by atoms with Crippen molar-refractivity contribution in [2.24, 2.45) is 0 Å². The fourth-order valence-electron chi connectivity index (χ4n) is 2.80. The summed E-state index contributed by atoms with van der Waals surface area (Å²) >= 11 is 0. The van der Waals surface area contributed by atoms with Crippen LogP contribution < -0.4 is 19.5 Å². The molecule has 2 aromatic rings. The van der Waals surface area contributed by atoms with E-state index in [-0.39, 0.29) is 12.4 Å². The molecule has 0 atom stereocenters. The van der Waals surface area contributed by atoms with Crippen LogP contribution in [0.5, 0.6) is 17.2 Å². The van der Waals surface area contributed by atoms with Crippen molar-refractivity contribution in [3.8, 4) is 17.2 Å². The molecule has 0 heterocycles. The lowest BCUT2D eigenvalue weighted by molar-refractivity contribution is -0.111. The van der Waals surface area contributed by atoms with Gasteiger partial charge >= 0.3 is 5.97 Å². The van der Waals surface area contributed by atoms with E-state index < -0.39 is 11.9 Å². The van der Waals surface area contributed by atoms with Gasteiger partial charge in [-0.25, -0.2) is 4.79 Å². The van der Waals surface area contributed by atoms with Gasteiger partial charge in [-0.3, -0.25) is 4.79 Å². The second-order valence-electron chi connectivity index (χ2n) is 6.66. The lowest BCUT2D eigenvalue weighted by Gasteiger charge is -2.15. The molecule has 0 saturated heterocycles. The number of rotatable bonds is 13. The van der Waals surface area contributed by atoms with Gasteiger partial charge in [0.2, 0.25) is 11.7 Å². The lowest BCUT2D eigenvalue weighted by atomic mass is 10.1. The third-order valence-corrected chi connectivity index (χ3v) is 4.44. The number of ether oxygens (including phenoxy) is 6. The molecule has 0 aliphatic rings. The molecule has 0 aliphatic heterocycles. The summed E-state index contributed by atoms with van der Waals surface area (Å²) < 4.78 is 31.5. The fourth-order valence-corrected chi connectivity index (χ4v) is 2.80. The van der Waals surface area contributed by atoms with Gasteiger partial charge in [-0.15, -0.1) is 0 Å². The molecule has 1 amide bonds. The Morgan fingerprint density at radius 2 is 1.65 bits per heavy atom. The lowest BCUT2D eigenvalue weighted by Crippen LogP contribution is -2.12. The minimum absolute atomic E-state index is 0.0161. The van der Waals surface area contributed by atoms with Crippen LogP contribution in [0.15, 0.2) is 54.6 Å². The van der Waals surface area contributed by atoms with E-state index in [4.69, 9.17) is 28.4 Å². The Kier molecular flexibility index (Phi) is 11.2. The number of para-hydroxylation sites is 1. The van der Waals surface area contributed by atoms with Gasteiger partial charge < -0.3 is 33.7 Å². The average Bonchev–Trinajstić information content (AvgIpc) is 2.86.